The van der Waals surface area contributed by atoms with Crippen LogP contribution in [-0.4, -0.2) is 12.2 Å². The highest BCUT2D eigenvalue weighted by molar-refractivity contribution is 5.64. The molecule has 1 aliphatic carbocycles. The van der Waals surface area contributed by atoms with Gasteiger partial charge in [0.25, 0.3) is 0 Å². The van der Waals surface area contributed by atoms with E-state index in [1.165, 1.54) is 24.0 Å². The van der Waals surface area contributed by atoms with Crippen molar-refractivity contribution in [1.29, 1.82) is 0 Å². The number of nitrogens with one attached hydrogen (secondary N) is 1. The minimum absolute atomic E-state index is 0.378. The molecular formula is C11H15NO. The molecule has 0 fully saturated rings. The first-order valence-corrected chi connectivity index (χ1v) is 4.84. The fourth-order valence-electron chi connectivity index (χ4n) is 2.09. The molecule has 1 aromatic rings. The molecule has 2 rings (SSSR count). The van der Waals surface area contributed by atoms with Crippen LogP contribution in [0.5, 0.6) is 5.75 Å². The van der Waals surface area contributed by atoms with Crippen molar-refractivity contribution in [2.45, 2.75) is 25.7 Å². The summed E-state index contributed by atoms with van der Waals surface area (Å²) >= 11 is 0. The average Bonchev–Trinajstić information content (AvgIpc) is 2.18. The summed E-state index contributed by atoms with van der Waals surface area (Å²) < 4.78 is 0. The molecule has 0 atom stereocenters. The van der Waals surface area contributed by atoms with Crippen LogP contribution in [0.4, 0.5) is 5.69 Å². The van der Waals surface area contributed by atoms with E-state index in [4.69, 9.17) is 0 Å². The third kappa shape index (κ3) is 1.37. The predicted molar refractivity (Wildman–Crippen MR) is 54.3 cm³/mol. The molecule has 1 aromatic carbocycles. The van der Waals surface area contributed by atoms with Gasteiger partial charge in [0, 0.05) is 7.05 Å². The fraction of sp³-hybridized carbons (Fsp3) is 0.455. The Bertz CT molecular complexity index is 320. The number of rotatable bonds is 1. The van der Waals surface area contributed by atoms with E-state index in [1.807, 2.05) is 13.1 Å². The maximum Gasteiger partial charge on any atom is 0.138 e. The van der Waals surface area contributed by atoms with Crippen LogP contribution in [0.3, 0.4) is 0 Å². The highest BCUT2D eigenvalue weighted by Gasteiger charge is 2.14. The fourth-order valence-corrected chi connectivity index (χ4v) is 2.09. The zero-order chi connectivity index (χ0) is 9.26. The molecule has 2 heteroatoms. The lowest BCUT2D eigenvalue weighted by Crippen LogP contribution is -2.06. The van der Waals surface area contributed by atoms with Gasteiger partial charge in [-0.15, -0.1) is 0 Å². The molecule has 0 unspecified atom stereocenters. The van der Waals surface area contributed by atoms with Gasteiger partial charge in [-0.25, -0.2) is 0 Å². The van der Waals surface area contributed by atoms with Crippen molar-refractivity contribution in [3.05, 3.63) is 23.3 Å². The molecule has 2 N–H and O–H groups in total. The number of anilines is 1. The normalized spacial score (nSPS) is 15.2. The molecule has 0 heterocycles. The highest BCUT2D eigenvalue weighted by Crippen LogP contribution is 2.34. The van der Waals surface area contributed by atoms with Gasteiger partial charge >= 0.3 is 0 Å². The van der Waals surface area contributed by atoms with Crippen LogP contribution in [0.1, 0.15) is 24.0 Å². The van der Waals surface area contributed by atoms with Gasteiger partial charge in [-0.2, -0.15) is 0 Å². The summed E-state index contributed by atoms with van der Waals surface area (Å²) in [7, 11) is 1.87. The van der Waals surface area contributed by atoms with Crippen LogP contribution < -0.4 is 5.32 Å². The molecular weight excluding hydrogens is 162 g/mol. The van der Waals surface area contributed by atoms with Gasteiger partial charge in [-0.1, -0.05) is 6.07 Å². The van der Waals surface area contributed by atoms with E-state index in [0.717, 1.165) is 18.5 Å². The Hall–Kier alpha value is -1.18. The van der Waals surface area contributed by atoms with Gasteiger partial charge in [0.2, 0.25) is 0 Å². The summed E-state index contributed by atoms with van der Waals surface area (Å²) in [6.07, 6.45) is 4.77. The number of aryl methyl sites for hydroxylation is 1. The highest BCUT2D eigenvalue weighted by atomic mass is 16.3. The molecule has 0 amide bonds. The van der Waals surface area contributed by atoms with Crippen molar-refractivity contribution in [2.75, 3.05) is 12.4 Å². The summed E-state index contributed by atoms with van der Waals surface area (Å²) in [6, 6.07) is 3.83. The van der Waals surface area contributed by atoms with Gasteiger partial charge in [0.05, 0.1) is 5.69 Å². The van der Waals surface area contributed by atoms with Crippen molar-refractivity contribution in [2.24, 2.45) is 0 Å². The zero-order valence-electron chi connectivity index (χ0n) is 7.93. The van der Waals surface area contributed by atoms with Crippen molar-refractivity contribution in [3.8, 4) is 5.75 Å². The second-order valence-electron chi connectivity index (χ2n) is 3.55. The van der Waals surface area contributed by atoms with Crippen LogP contribution in [0.15, 0.2) is 12.1 Å². The molecule has 70 valence electrons. The van der Waals surface area contributed by atoms with Crippen LogP contribution in [0.2, 0.25) is 0 Å². The number of hydrogen-bond acceptors (Lipinski definition) is 2. The Morgan fingerprint density at radius 3 is 2.77 bits per heavy atom. The van der Waals surface area contributed by atoms with E-state index in [9.17, 15) is 5.11 Å². The quantitative estimate of drug-likeness (QED) is 0.645. The Balaban J connectivity index is 2.52. The van der Waals surface area contributed by atoms with E-state index in [2.05, 4.69) is 5.32 Å². The number of aromatic hydroxyl groups is 1. The molecule has 0 saturated carbocycles. The van der Waals surface area contributed by atoms with Crippen molar-refractivity contribution in [3.63, 3.8) is 0 Å². The van der Waals surface area contributed by atoms with Gasteiger partial charge in [0.1, 0.15) is 5.75 Å². The molecule has 0 saturated heterocycles. The Kier molecular flexibility index (Phi) is 2.13. The maximum atomic E-state index is 9.60. The molecule has 0 aromatic heterocycles. The summed E-state index contributed by atoms with van der Waals surface area (Å²) in [6.45, 7) is 0. The van der Waals surface area contributed by atoms with Gasteiger partial charge in [0.15, 0.2) is 0 Å². The number of hydrogen-bond donors (Lipinski definition) is 2. The Labute approximate surface area is 78.6 Å². The van der Waals surface area contributed by atoms with Gasteiger partial charge < -0.3 is 10.4 Å². The molecule has 0 radical (unpaired) electrons. The van der Waals surface area contributed by atoms with Crippen LogP contribution in [0.25, 0.3) is 0 Å². The van der Waals surface area contributed by atoms with Crippen LogP contribution in [-0.2, 0) is 12.8 Å². The average molecular weight is 177 g/mol. The van der Waals surface area contributed by atoms with Crippen LogP contribution in [0, 0.1) is 0 Å². The topological polar surface area (TPSA) is 32.3 Å². The third-order valence-corrected chi connectivity index (χ3v) is 2.76. The van der Waals surface area contributed by atoms with Crippen molar-refractivity contribution < 1.29 is 5.11 Å². The second kappa shape index (κ2) is 3.29. The molecule has 2 nitrogen and oxygen atoms in total. The SMILES string of the molecule is CNc1c(O)ccc2c1CCCC2. The minimum atomic E-state index is 0.378. The molecule has 0 aliphatic heterocycles. The van der Waals surface area contributed by atoms with E-state index in [0.29, 0.717) is 5.75 Å². The maximum absolute atomic E-state index is 9.60. The van der Waals surface area contributed by atoms with Crippen molar-refractivity contribution >= 4 is 5.69 Å². The number of phenols is 1. The summed E-state index contributed by atoms with van der Waals surface area (Å²) in [4.78, 5) is 0. The lowest BCUT2D eigenvalue weighted by atomic mass is 9.90. The van der Waals surface area contributed by atoms with Crippen molar-refractivity contribution in [1.82, 2.24) is 0 Å². The standard InChI is InChI=1S/C11H15NO/c1-12-11-9-5-3-2-4-8(9)6-7-10(11)13/h6-7,12-13H,2-5H2,1H3. The lowest BCUT2D eigenvalue weighted by Gasteiger charge is -2.19. The molecule has 0 spiro atoms. The first-order valence-electron chi connectivity index (χ1n) is 4.84. The van der Waals surface area contributed by atoms with E-state index >= 15 is 0 Å². The summed E-state index contributed by atoms with van der Waals surface area (Å²) in [5.74, 6) is 0.378. The van der Waals surface area contributed by atoms with E-state index < -0.39 is 0 Å². The minimum Gasteiger partial charge on any atom is -0.506 e. The van der Waals surface area contributed by atoms with Gasteiger partial charge in [-0.3, -0.25) is 0 Å². The molecule has 13 heavy (non-hydrogen) atoms. The van der Waals surface area contributed by atoms with Crippen LogP contribution >= 0.6 is 0 Å². The Morgan fingerprint density at radius 1 is 1.23 bits per heavy atom. The van der Waals surface area contributed by atoms with E-state index in [1.54, 1.807) is 6.07 Å². The van der Waals surface area contributed by atoms with E-state index in [-0.39, 0.29) is 0 Å². The largest absolute Gasteiger partial charge is 0.506 e. The first kappa shape index (κ1) is 8.42. The smallest absolute Gasteiger partial charge is 0.138 e. The summed E-state index contributed by atoms with van der Waals surface area (Å²) in [5, 5.41) is 12.7. The Morgan fingerprint density at radius 2 is 2.00 bits per heavy atom. The molecule has 1 aliphatic rings. The predicted octanol–water partition coefficient (Wildman–Crippen LogP) is 2.31. The number of fused-ring (bicyclic) bond motifs is 1. The number of phenolic OH excluding ortho intramolecular Hbond substituents is 1. The number of benzene rings is 1. The zero-order valence-corrected chi connectivity index (χ0v) is 7.93. The van der Waals surface area contributed by atoms with Gasteiger partial charge in [-0.05, 0) is 42.9 Å². The monoisotopic (exact) mass is 177 g/mol. The summed E-state index contributed by atoms with van der Waals surface area (Å²) in [5.41, 5.74) is 3.64. The second-order valence-corrected chi connectivity index (χ2v) is 3.55. The first-order chi connectivity index (χ1) is 6.33. The lowest BCUT2D eigenvalue weighted by molar-refractivity contribution is 0.475. The third-order valence-electron chi connectivity index (χ3n) is 2.76. The molecule has 0 bridgehead atoms.